The number of carbonyl (C=O) groups is 3. The van der Waals surface area contributed by atoms with Gasteiger partial charge in [0.05, 0.1) is 13.2 Å². The minimum atomic E-state index is -0.826. The van der Waals surface area contributed by atoms with Crippen LogP contribution in [0.4, 0.5) is 0 Å². The maximum atomic E-state index is 13.7. The number of methoxy groups -OCH3 is 1. The van der Waals surface area contributed by atoms with E-state index >= 15 is 0 Å². The van der Waals surface area contributed by atoms with E-state index in [0.717, 1.165) is 16.5 Å². The van der Waals surface area contributed by atoms with Crippen molar-refractivity contribution >= 4 is 28.6 Å². The molecule has 2 aromatic heterocycles. The Kier molecular flexibility index (Phi) is 6.77. The number of hydrogen-bond donors (Lipinski definition) is 3. The van der Waals surface area contributed by atoms with Crippen molar-refractivity contribution in [1.82, 2.24) is 25.5 Å². The number of amides is 3. The fourth-order valence-corrected chi connectivity index (χ4v) is 5.31. The first-order valence-electron chi connectivity index (χ1n) is 12.3. The first kappa shape index (κ1) is 24.3. The van der Waals surface area contributed by atoms with Gasteiger partial charge in [-0.1, -0.05) is 12.1 Å². The summed E-state index contributed by atoms with van der Waals surface area (Å²) in [7, 11) is 1.57. The second-order valence-electron chi connectivity index (χ2n) is 9.50. The second-order valence-corrected chi connectivity index (χ2v) is 9.50. The number of hydrogen-bond acceptors (Lipinski definition) is 6. The van der Waals surface area contributed by atoms with Crippen molar-refractivity contribution in [3.05, 3.63) is 60.0 Å². The summed E-state index contributed by atoms with van der Waals surface area (Å²) < 4.78 is 5.42. The van der Waals surface area contributed by atoms with Crippen LogP contribution in [0.3, 0.4) is 0 Å². The van der Waals surface area contributed by atoms with Gasteiger partial charge in [-0.15, -0.1) is 0 Å². The number of H-pyrrole nitrogens is 1. The number of aromatic nitrogens is 2. The van der Waals surface area contributed by atoms with Crippen LogP contribution < -0.4 is 15.4 Å². The van der Waals surface area contributed by atoms with Crippen molar-refractivity contribution in [3.63, 3.8) is 0 Å². The van der Waals surface area contributed by atoms with Gasteiger partial charge in [0.15, 0.2) is 0 Å². The molecule has 1 unspecified atom stereocenters. The predicted molar refractivity (Wildman–Crippen MR) is 135 cm³/mol. The van der Waals surface area contributed by atoms with Gasteiger partial charge in [-0.3, -0.25) is 19.4 Å². The molecule has 3 amide bonds. The minimum absolute atomic E-state index is 0.0894. The molecule has 37 heavy (non-hydrogen) atoms. The van der Waals surface area contributed by atoms with Crippen LogP contribution in [0.5, 0.6) is 5.75 Å². The average molecular weight is 501 g/mol. The van der Waals surface area contributed by atoms with E-state index in [4.69, 9.17) is 4.74 Å². The van der Waals surface area contributed by atoms with Crippen LogP contribution in [0.25, 0.3) is 10.9 Å². The maximum absolute atomic E-state index is 13.7. The normalized spacial score (nSPS) is 21.9. The molecule has 4 heterocycles. The van der Waals surface area contributed by atoms with Crippen LogP contribution in [0.1, 0.15) is 41.2 Å². The summed E-state index contributed by atoms with van der Waals surface area (Å²) in [6, 6.07) is 11.5. The first-order valence-corrected chi connectivity index (χ1v) is 12.3. The summed E-state index contributed by atoms with van der Waals surface area (Å²) in [4.78, 5) is 48.1. The zero-order valence-corrected chi connectivity index (χ0v) is 20.4. The summed E-state index contributed by atoms with van der Waals surface area (Å²) in [6.45, 7) is 0.903. The molecule has 0 saturated carbocycles. The highest BCUT2D eigenvalue weighted by atomic mass is 16.5. The number of pyridine rings is 1. The second kappa shape index (κ2) is 10.3. The van der Waals surface area contributed by atoms with Gasteiger partial charge in [0, 0.05) is 48.2 Å². The summed E-state index contributed by atoms with van der Waals surface area (Å²) in [5.41, 5.74) is 2.04. The molecule has 5 rings (SSSR count). The molecule has 0 bridgehead atoms. The lowest BCUT2D eigenvalue weighted by Gasteiger charge is -2.25. The number of ether oxygens (including phenoxy) is 1. The highest BCUT2D eigenvalue weighted by Gasteiger charge is 2.42. The van der Waals surface area contributed by atoms with E-state index in [9.17, 15) is 19.6 Å². The number of nitrogens with zero attached hydrogens (tertiary/aromatic N) is 3. The minimum Gasteiger partial charge on any atom is -0.496 e. The molecule has 0 spiro atoms. The number of likely N-dealkylation sites (tertiary alicyclic amines) is 1. The van der Waals surface area contributed by atoms with Gasteiger partial charge in [0.1, 0.15) is 23.5 Å². The number of benzene rings is 1. The lowest BCUT2D eigenvalue weighted by molar-refractivity contribution is -0.126. The molecule has 0 aliphatic carbocycles. The van der Waals surface area contributed by atoms with Gasteiger partial charge < -0.3 is 25.3 Å². The van der Waals surface area contributed by atoms with E-state index in [2.05, 4.69) is 26.7 Å². The van der Waals surface area contributed by atoms with Gasteiger partial charge in [0.25, 0.3) is 5.91 Å². The van der Waals surface area contributed by atoms with Crippen LogP contribution in [0.2, 0.25) is 0 Å². The Morgan fingerprint density at radius 1 is 1.32 bits per heavy atom. The van der Waals surface area contributed by atoms with Crippen molar-refractivity contribution in [1.29, 1.82) is 5.26 Å². The summed E-state index contributed by atoms with van der Waals surface area (Å²) >= 11 is 0. The zero-order chi connectivity index (χ0) is 25.9. The third kappa shape index (κ3) is 4.85. The lowest BCUT2D eigenvalue weighted by atomic mass is 9.96. The van der Waals surface area contributed by atoms with Crippen LogP contribution in [-0.4, -0.2) is 64.9 Å². The van der Waals surface area contributed by atoms with Crippen molar-refractivity contribution in [3.8, 4) is 11.8 Å². The zero-order valence-electron chi connectivity index (χ0n) is 20.4. The Morgan fingerprint density at radius 3 is 2.89 bits per heavy atom. The molecule has 190 valence electrons. The van der Waals surface area contributed by atoms with Crippen molar-refractivity contribution < 1.29 is 19.1 Å². The Balaban J connectivity index is 1.40. The van der Waals surface area contributed by atoms with Gasteiger partial charge in [0.2, 0.25) is 11.8 Å². The van der Waals surface area contributed by atoms with E-state index in [1.54, 1.807) is 30.5 Å². The van der Waals surface area contributed by atoms with E-state index in [1.165, 1.54) is 0 Å². The molecule has 3 aromatic rings. The molecule has 3 N–H and O–H groups in total. The molecule has 10 heteroatoms. The van der Waals surface area contributed by atoms with E-state index < -0.39 is 18.0 Å². The van der Waals surface area contributed by atoms with Crippen molar-refractivity contribution in [2.75, 3.05) is 20.2 Å². The van der Waals surface area contributed by atoms with E-state index in [1.807, 2.05) is 30.3 Å². The predicted octanol–water partition coefficient (Wildman–Crippen LogP) is 2.10. The molecule has 2 aliphatic rings. The first-order chi connectivity index (χ1) is 18.0. The molecule has 2 saturated heterocycles. The van der Waals surface area contributed by atoms with Crippen LogP contribution in [0.15, 0.2) is 48.8 Å². The maximum Gasteiger partial charge on any atom is 0.271 e. The lowest BCUT2D eigenvalue weighted by Crippen LogP contribution is -2.49. The van der Waals surface area contributed by atoms with Gasteiger partial charge >= 0.3 is 0 Å². The smallest absolute Gasteiger partial charge is 0.271 e. The largest absolute Gasteiger partial charge is 0.496 e. The number of nitrogens with one attached hydrogen (secondary N) is 3. The molecule has 2 fully saturated rings. The number of rotatable bonds is 7. The fraction of sp³-hybridized carbons (Fsp3) is 0.370. The number of fused-ring (bicyclic) bond motifs is 1. The van der Waals surface area contributed by atoms with Crippen LogP contribution in [0, 0.1) is 17.2 Å². The Hall–Kier alpha value is -4.39. The van der Waals surface area contributed by atoms with Crippen molar-refractivity contribution in [2.24, 2.45) is 5.92 Å². The molecule has 0 radical (unpaired) electrons. The molecule has 2 aliphatic heterocycles. The molecule has 10 nitrogen and oxygen atoms in total. The van der Waals surface area contributed by atoms with Crippen LogP contribution >= 0.6 is 0 Å². The summed E-state index contributed by atoms with van der Waals surface area (Å²) in [5.74, 6) is -0.571. The Bertz CT molecular complexity index is 1360. The third-order valence-electron chi connectivity index (χ3n) is 7.25. The topological polar surface area (TPSA) is 140 Å². The van der Waals surface area contributed by atoms with Gasteiger partial charge in [-0.05, 0) is 49.1 Å². The monoisotopic (exact) mass is 500 g/mol. The van der Waals surface area contributed by atoms with Gasteiger partial charge in [-0.25, -0.2) is 0 Å². The average Bonchev–Trinajstić information content (AvgIpc) is 3.66. The number of nitriles is 1. The molecular formula is C27H28N6O4. The standard InChI is InChI=1S/C27H28N6O4/c1-37-24-6-2-5-21-20(24)12-22(32-21)27(36)33-15-18(17-4-3-8-29-14-17)11-23(33)26(35)31-19(13-28)10-16-7-9-30-25(16)34/h2-6,8,12,14,16,18-19,23,32H,7,9-11,15H2,1H3,(H,30,34)(H,31,35)/t16?,18-,19+,23+/m1/s1. The molecular weight excluding hydrogens is 472 g/mol. The SMILES string of the molecule is COc1cccc2[nH]c(C(=O)N3C[C@H](c4cccnc4)C[C@H]3C(=O)N[C@H](C#N)CC3CCNC3=O)cc12. The Labute approximate surface area is 214 Å². The Morgan fingerprint density at radius 2 is 2.19 bits per heavy atom. The van der Waals surface area contributed by atoms with E-state index in [0.29, 0.717) is 37.4 Å². The number of aromatic amines is 1. The quantitative estimate of drug-likeness (QED) is 0.454. The molecule has 4 atom stereocenters. The third-order valence-corrected chi connectivity index (χ3v) is 7.25. The highest BCUT2D eigenvalue weighted by molar-refractivity contribution is 6.02. The summed E-state index contributed by atoms with van der Waals surface area (Å²) in [5, 5.41) is 16.0. The fourth-order valence-electron chi connectivity index (χ4n) is 5.31. The van der Waals surface area contributed by atoms with Gasteiger partial charge in [-0.2, -0.15) is 5.26 Å². The summed E-state index contributed by atoms with van der Waals surface area (Å²) in [6.07, 6.45) is 4.70. The van der Waals surface area contributed by atoms with Crippen molar-refractivity contribution in [2.45, 2.75) is 37.3 Å². The van der Waals surface area contributed by atoms with Crippen LogP contribution in [-0.2, 0) is 9.59 Å². The van der Waals surface area contributed by atoms with E-state index in [-0.39, 0.29) is 30.1 Å². The molecule has 1 aromatic carbocycles. The number of carbonyl (C=O) groups excluding carboxylic acids is 3. The highest BCUT2D eigenvalue weighted by Crippen LogP contribution is 2.34.